The molecule has 0 radical (unpaired) electrons. The van der Waals surface area contributed by atoms with Gasteiger partial charge in [-0.05, 0) is 31.5 Å². The van der Waals surface area contributed by atoms with E-state index in [1.165, 1.54) is 25.8 Å². The van der Waals surface area contributed by atoms with E-state index in [4.69, 9.17) is 4.42 Å². The second kappa shape index (κ2) is 6.59. The molecule has 3 fully saturated rings. The monoisotopic (exact) mass is 331 g/mol. The molecule has 6 nitrogen and oxygen atoms in total. The fourth-order valence-corrected chi connectivity index (χ4v) is 4.30. The molecule has 0 aliphatic carbocycles. The van der Waals surface area contributed by atoms with Crippen LogP contribution >= 0.6 is 0 Å². The van der Waals surface area contributed by atoms with Gasteiger partial charge in [0.1, 0.15) is 5.76 Å². The van der Waals surface area contributed by atoms with E-state index in [0.29, 0.717) is 25.6 Å². The Balaban J connectivity index is 1.35. The first-order valence-corrected chi connectivity index (χ1v) is 9.03. The third kappa shape index (κ3) is 3.07. The van der Waals surface area contributed by atoms with Crippen LogP contribution in [0, 0.1) is 5.92 Å². The largest absolute Gasteiger partial charge is 0.467 e. The van der Waals surface area contributed by atoms with Gasteiger partial charge in [-0.25, -0.2) is 0 Å². The summed E-state index contributed by atoms with van der Waals surface area (Å²) in [5.74, 6) is 0.798. The molecule has 0 N–H and O–H groups in total. The number of carbonyl (C=O) groups is 2. The van der Waals surface area contributed by atoms with Crippen LogP contribution in [0.15, 0.2) is 22.8 Å². The lowest BCUT2D eigenvalue weighted by Crippen LogP contribution is -2.57. The fourth-order valence-electron chi connectivity index (χ4n) is 4.30. The molecule has 130 valence electrons. The minimum absolute atomic E-state index is 0.0565. The van der Waals surface area contributed by atoms with Gasteiger partial charge in [0.15, 0.2) is 0 Å². The Morgan fingerprint density at radius 3 is 2.96 bits per heavy atom. The van der Waals surface area contributed by atoms with E-state index < -0.39 is 0 Å². The van der Waals surface area contributed by atoms with Gasteiger partial charge in [-0.2, -0.15) is 0 Å². The van der Waals surface area contributed by atoms with E-state index in [-0.39, 0.29) is 17.7 Å². The Labute approximate surface area is 142 Å². The van der Waals surface area contributed by atoms with Crippen molar-refractivity contribution in [3.05, 3.63) is 24.2 Å². The smallest absolute Gasteiger partial charge is 0.228 e. The number of nitrogens with zero attached hydrogens (tertiary/aromatic N) is 3. The van der Waals surface area contributed by atoms with Crippen molar-refractivity contribution in [2.45, 2.75) is 38.3 Å². The van der Waals surface area contributed by atoms with Crippen LogP contribution in [0.1, 0.15) is 31.4 Å². The van der Waals surface area contributed by atoms with Gasteiger partial charge in [0, 0.05) is 38.6 Å². The summed E-state index contributed by atoms with van der Waals surface area (Å²) in [6.45, 7) is 4.77. The van der Waals surface area contributed by atoms with Gasteiger partial charge < -0.3 is 14.2 Å². The van der Waals surface area contributed by atoms with Gasteiger partial charge in [-0.1, -0.05) is 6.42 Å². The van der Waals surface area contributed by atoms with Gasteiger partial charge in [0.25, 0.3) is 0 Å². The number of hydrogen-bond donors (Lipinski definition) is 0. The molecule has 3 saturated heterocycles. The average molecular weight is 331 g/mol. The summed E-state index contributed by atoms with van der Waals surface area (Å²) in [5.41, 5.74) is 0. The Morgan fingerprint density at radius 1 is 1.21 bits per heavy atom. The van der Waals surface area contributed by atoms with E-state index in [2.05, 4.69) is 4.90 Å². The highest BCUT2D eigenvalue weighted by molar-refractivity contribution is 5.89. The minimum Gasteiger partial charge on any atom is -0.467 e. The van der Waals surface area contributed by atoms with Crippen molar-refractivity contribution in [2.75, 3.05) is 32.7 Å². The molecule has 3 aliphatic heterocycles. The SMILES string of the molecule is O=C1C[C@@H](C(=O)N2CCN3CCCC[C@H]3C2)CN1Cc1ccco1. The number of amides is 2. The summed E-state index contributed by atoms with van der Waals surface area (Å²) in [6.07, 6.45) is 5.69. The molecular weight excluding hydrogens is 306 g/mol. The summed E-state index contributed by atoms with van der Waals surface area (Å²) in [7, 11) is 0. The first kappa shape index (κ1) is 15.7. The fraction of sp³-hybridized carbons (Fsp3) is 0.667. The summed E-state index contributed by atoms with van der Waals surface area (Å²) in [6, 6.07) is 4.21. The molecule has 6 heteroatoms. The van der Waals surface area contributed by atoms with Crippen LogP contribution in [0.3, 0.4) is 0 Å². The van der Waals surface area contributed by atoms with E-state index in [1.807, 2.05) is 17.0 Å². The zero-order chi connectivity index (χ0) is 16.5. The van der Waals surface area contributed by atoms with E-state index in [0.717, 1.165) is 25.4 Å². The topological polar surface area (TPSA) is 57.0 Å². The van der Waals surface area contributed by atoms with Crippen molar-refractivity contribution in [3.8, 4) is 0 Å². The van der Waals surface area contributed by atoms with Crippen LogP contribution in [0.4, 0.5) is 0 Å². The highest BCUT2D eigenvalue weighted by atomic mass is 16.3. The number of piperidine rings is 1. The second-order valence-corrected chi connectivity index (χ2v) is 7.22. The highest BCUT2D eigenvalue weighted by Crippen LogP contribution is 2.26. The van der Waals surface area contributed by atoms with Gasteiger partial charge in [-0.15, -0.1) is 0 Å². The molecule has 0 spiro atoms. The number of fused-ring (bicyclic) bond motifs is 1. The van der Waals surface area contributed by atoms with Crippen molar-refractivity contribution < 1.29 is 14.0 Å². The van der Waals surface area contributed by atoms with Gasteiger partial charge in [0.05, 0.1) is 18.7 Å². The first-order chi connectivity index (χ1) is 11.7. The third-order valence-electron chi connectivity index (χ3n) is 5.64. The van der Waals surface area contributed by atoms with Crippen molar-refractivity contribution in [3.63, 3.8) is 0 Å². The number of carbonyl (C=O) groups excluding carboxylic acids is 2. The zero-order valence-electron chi connectivity index (χ0n) is 14.0. The predicted molar refractivity (Wildman–Crippen MR) is 88.0 cm³/mol. The quantitative estimate of drug-likeness (QED) is 0.838. The maximum absolute atomic E-state index is 12.9. The van der Waals surface area contributed by atoms with Crippen molar-refractivity contribution in [2.24, 2.45) is 5.92 Å². The Morgan fingerprint density at radius 2 is 2.12 bits per heavy atom. The van der Waals surface area contributed by atoms with E-state index >= 15 is 0 Å². The molecule has 1 aromatic rings. The number of likely N-dealkylation sites (tertiary alicyclic amines) is 1. The molecule has 0 bridgehead atoms. The minimum atomic E-state index is -0.192. The summed E-state index contributed by atoms with van der Waals surface area (Å²) >= 11 is 0. The molecule has 3 aliphatic rings. The Bertz CT molecular complexity index is 601. The molecule has 2 atom stereocenters. The first-order valence-electron chi connectivity index (χ1n) is 9.03. The lowest BCUT2D eigenvalue weighted by molar-refractivity contribution is -0.139. The van der Waals surface area contributed by atoms with E-state index in [9.17, 15) is 9.59 Å². The van der Waals surface area contributed by atoms with Crippen LogP contribution in [-0.2, 0) is 16.1 Å². The third-order valence-corrected chi connectivity index (χ3v) is 5.64. The molecule has 0 aromatic carbocycles. The highest BCUT2D eigenvalue weighted by Gasteiger charge is 2.39. The van der Waals surface area contributed by atoms with Crippen LogP contribution in [0.5, 0.6) is 0 Å². The van der Waals surface area contributed by atoms with Crippen LogP contribution in [0.2, 0.25) is 0 Å². The molecule has 24 heavy (non-hydrogen) atoms. The molecular formula is C18H25N3O3. The predicted octanol–water partition coefficient (Wildman–Crippen LogP) is 1.32. The van der Waals surface area contributed by atoms with Crippen molar-refractivity contribution in [1.82, 2.24) is 14.7 Å². The van der Waals surface area contributed by atoms with Gasteiger partial charge in [-0.3, -0.25) is 14.5 Å². The summed E-state index contributed by atoms with van der Waals surface area (Å²) in [4.78, 5) is 31.4. The maximum Gasteiger partial charge on any atom is 0.228 e. The number of furan rings is 1. The van der Waals surface area contributed by atoms with Gasteiger partial charge in [0.2, 0.25) is 11.8 Å². The molecule has 1 aromatic heterocycles. The summed E-state index contributed by atoms with van der Waals surface area (Å²) in [5, 5.41) is 0. The normalized spacial score (nSPS) is 28.2. The van der Waals surface area contributed by atoms with Crippen molar-refractivity contribution in [1.29, 1.82) is 0 Å². The Hall–Kier alpha value is -1.82. The van der Waals surface area contributed by atoms with E-state index in [1.54, 1.807) is 11.2 Å². The van der Waals surface area contributed by atoms with Crippen LogP contribution in [0.25, 0.3) is 0 Å². The molecule has 2 amide bonds. The maximum atomic E-state index is 12.9. The Kier molecular flexibility index (Phi) is 4.31. The van der Waals surface area contributed by atoms with Crippen LogP contribution in [-0.4, -0.2) is 65.3 Å². The molecule has 4 rings (SSSR count). The van der Waals surface area contributed by atoms with Crippen molar-refractivity contribution >= 4 is 11.8 Å². The van der Waals surface area contributed by atoms with Gasteiger partial charge >= 0.3 is 0 Å². The number of piperazine rings is 1. The molecule has 4 heterocycles. The zero-order valence-corrected chi connectivity index (χ0v) is 14.0. The second-order valence-electron chi connectivity index (χ2n) is 7.22. The summed E-state index contributed by atoms with van der Waals surface area (Å²) < 4.78 is 5.32. The van der Waals surface area contributed by atoms with Crippen LogP contribution < -0.4 is 0 Å². The number of hydrogen-bond acceptors (Lipinski definition) is 4. The molecule has 0 unspecified atom stereocenters. The standard InChI is InChI=1S/C18H25N3O3/c22-17-10-14(11-21(17)13-16-5-3-9-24-16)18(23)20-8-7-19-6-2-1-4-15(19)12-20/h3,5,9,14-15H,1-2,4,6-8,10-13H2/t14-,15+/m1/s1. The average Bonchev–Trinajstić information content (AvgIpc) is 3.24. The number of rotatable bonds is 3. The molecule has 0 saturated carbocycles. The lowest BCUT2D eigenvalue weighted by atomic mass is 9.98. The lowest BCUT2D eigenvalue weighted by Gasteiger charge is -2.44.